The van der Waals surface area contributed by atoms with Crippen LogP contribution in [0.2, 0.25) is 43.8 Å². The average molecular weight is 834 g/mol. The van der Waals surface area contributed by atoms with Crippen LogP contribution < -0.4 is 0 Å². The van der Waals surface area contributed by atoms with Crippen LogP contribution >= 0.6 is 0 Å². The van der Waals surface area contributed by atoms with Crippen molar-refractivity contribution in [1.29, 1.82) is 0 Å². The SMILES string of the molecule is CC[Si](CC)(CC)O[C@H](COC)[C@H]1OC(=O)[C@H](COC)[C@H]2C=C[C@H]3[C@H]4O[C@]2(/C(C)=C/[C@H]1C)[C@@H]3[C@H](O)[C@@H](COC)[C@H]4OC(=O)c1cccn1C(=O)OCC[Si](C)(C)C. The van der Waals surface area contributed by atoms with Gasteiger partial charge < -0.3 is 42.7 Å². The van der Waals surface area contributed by atoms with Gasteiger partial charge in [0.1, 0.15) is 35.7 Å². The number of aliphatic hydroxyl groups is 1. The summed E-state index contributed by atoms with van der Waals surface area (Å²) in [5.74, 6) is -4.49. The van der Waals surface area contributed by atoms with Gasteiger partial charge in [-0.15, -0.1) is 0 Å². The highest BCUT2D eigenvalue weighted by molar-refractivity contribution is 6.76. The Bertz CT molecular complexity index is 1610. The van der Waals surface area contributed by atoms with Crippen LogP contribution in [0, 0.1) is 35.5 Å². The van der Waals surface area contributed by atoms with Crippen LogP contribution in [-0.4, -0.2) is 128 Å². The second kappa shape index (κ2) is 18.7. The number of carbonyl (C=O) groups excluding carboxylic acids is 3. The number of hydrogen-bond acceptors (Lipinski definition) is 12. The van der Waals surface area contributed by atoms with Gasteiger partial charge in [-0.1, -0.05) is 65.6 Å². The number of cyclic esters (lactones) is 1. The molecule has 320 valence electrons. The summed E-state index contributed by atoms with van der Waals surface area (Å²) in [6.45, 7) is 17.7. The zero-order valence-electron chi connectivity index (χ0n) is 35.9. The third kappa shape index (κ3) is 8.96. The predicted octanol–water partition coefficient (Wildman–Crippen LogP) is 6.34. The largest absolute Gasteiger partial charge is 0.459 e. The Morgan fingerprint density at radius 1 is 1.02 bits per heavy atom. The standard InChI is InChI=1S/C42H67NO12Si2/c1-12-57(13-2,14-3)55-33(25-50-8)36-26(4)22-27(5)42-31(29(23-48-6)39(45)52-36)18-17-28-34(42)35(44)30(24-49-7)37(38(28)54-42)53-40(46)32-16-15-19-43(32)41(47)51-20-21-56(9,10)11/h15-19,22,26,28-31,33-38,44H,12-14,20-21,23-25H2,1-11H3/b27-22+/t26-,28-,29-,30-,31-,33-,34+,35-,36+,37-,38-,42+/m1/s1. The summed E-state index contributed by atoms with van der Waals surface area (Å²) in [5, 5.41) is 12.5. The molecule has 5 rings (SSSR count). The molecule has 1 saturated heterocycles. The second-order valence-electron chi connectivity index (χ2n) is 17.6. The molecule has 1 N–H and O–H groups in total. The molecule has 4 aliphatic rings. The molecule has 1 spiro atoms. The van der Waals surface area contributed by atoms with Gasteiger partial charge in [-0.2, -0.15) is 0 Å². The van der Waals surface area contributed by atoms with E-state index in [1.165, 1.54) is 19.4 Å². The van der Waals surface area contributed by atoms with E-state index in [1.807, 2.05) is 26.0 Å². The van der Waals surface area contributed by atoms with E-state index in [-0.39, 0.29) is 44.0 Å². The van der Waals surface area contributed by atoms with Crippen LogP contribution in [0.25, 0.3) is 0 Å². The number of carbonyl (C=O) groups is 3. The molecule has 0 amide bonds. The number of esters is 2. The minimum absolute atomic E-state index is 0.00348. The number of hydrogen-bond donors (Lipinski definition) is 1. The Hall–Kier alpha value is -2.64. The van der Waals surface area contributed by atoms with Crippen molar-refractivity contribution in [2.75, 3.05) is 47.8 Å². The highest BCUT2D eigenvalue weighted by atomic mass is 28.4. The van der Waals surface area contributed by atoms with Gasteiger partial charge in [-0.25, -0.2) is 14.2 Å². The van der Waals surface area contributed by atoms with Crippen molar-refractivity contribution in [2.45, 2.75) is 115 Å². The minimum Gasteiger partial charge on any atom is -0.459 e. The summed E-state index contributed by atoms with van der Waals surface area (Å²) < 4.78 is 50.8. The minimum atomic E-state index is -2.16. The maximum atomic E-state index is 14.6. The van der Waals surface area contributed by atoms with Crippen molar-refractivity contribution < 1.29 is 57.1 Å². The number of nitrogens with zero attached hydrogens (tertiary/aromatic N) is 1. The molecule has 4 bridgehead atoms. The zero-order valence-corrected chi connectivity index (χ0v) is 37.9. The number of rotatable bonds is 17. The Balaban J connectivity index is 1.53. The topological polar surface area (TPSA) is 150 Å². The smallest absolute Gasteiger partial charge is 0.418 e. The fraction of sp³-hybridized carbons (Fsp3) is 0.738. The molecule has 12 atom stereocenters. The fourth-order valence-electron chi connectivity index (χ4n) is 9.80. The van der Waals surface area contributed by atoms with Crippen molar-refractivity contribution in [3.8, 4) is 0 Å². The molecule has 15 heteroatoms. The van der Waals surface area contributed by atoms with E-state index in [9.17, 15) is 19.5 Å². The molecular formula is C42H67NO12Si2. The monoisotopic (exact) mass is 833 g/mol. The second-order valence-corrected chi connectivity index (χ2v) is 27.9. The quantitative estimate of drug-likeness (QED) is 0.0808. The molecular weight excluding hydrogens is 767 g/mol. The summed E-state index contributed by atoms with van der Waals surface area (Å²) >= 11 is 0. The number of methoxy groups -OCH3 is 3. The molecule has 1 aromatic rings. The Morgan fingerprint density at radius 3 is 2.32 bits per heavy atom. The Labute approximate surface area is 340 Å². The zero-order chi connectivity index (χ0) is 41.9. The van der Waals surface area contributed by atoms with Crippen LogP contribution in [0.1, 0.15) is 45.1 Å². The number of ether oxygens (including phenoxy) is 7. The van der Waals surface area contributed by atoms with Gasteiger partial charge in [0.25, 0.3) is 0 Å². The van der Waals surface area contributed by atoms with Crippen molar-refractivity contribution in [3.05, 3.63) is 47.8 Å². The Kier molecular flexibility index (Phi) is 14.9. The summed E-state index contributed by atoms with van der Waals surface area (Å²) in [7, 11) is 1.09. The van der Waals surface area contributed by atoms with Crippen molar-refractivity contribution in [1.82, 2.24) is 4.57 Å². The number of aliphatic hydroxyl groups excluding tert-OH is 1. The maximum Gasteiger partial charge on any atom is 0.418 e. The third-order valence-electron chi connectivity index (χ3n) is 13.1. The van der Waals surface area contributed by atoms with Gasteiger partial charge in [-0.3, -0.25) is 4.79 Å². The average Bonchev–Trinajstić information content (AvgIpc) is 3.74. The van der Waals surface area contributed by atoms with Gasteiger partial charge in [0.15, 0.2) is 8.32 Å². The first kappa shape index (κ1) is 45.4. The van der Waals surface area contributed by atoms with Crippen molar-refractivity contribution >= 4 is 34.4 Å². The first-order chi connectivity index (χ1) is 27.1. The van der Waals surface area contributed by atoms with Gasteiger partial charge in [-0.05, 0) is 48.8 Å². The lowest BCUT2D eigenvalue weighted by Crippen LogP contribution is -2.59. The molecule has 1 aromatic heterocycles. The van der Waals surface area contributed by atoms with Gasteiger partial charge >= 0.3 is 18.0 Å². The molecule has 3 heterocycles. The van der Waals surface area contributed by atoms with E-state index < -0.39 is 94.2 Å². The van der Waals surface area contributed by atoms with Gasteiger partial charge in [0, 0.05) is 65.2 Å². The lowest BCUT2D eigenvalue weighted by atomic mass is 9.56. The molecule has 57 heavy (non-hydrogen) atoms. The summed E-state index contributed by atoms with van der Waals surface area (Å²) in [4.78, 5) is 41.7. The molecule has 0 unspecified atom stereocenters. The van der Waals surface area contributed by atoms with Crippen LogP contribution in [0.15, 0.2) is 42.1 Å². The molecule has 2 aliphatic carbocycles. The van der Waals surface area contributed by atoms with Gasteiger partial charge in [0.05, 0.1) is 38.4 Å². The molecule has 2 aliphatic heterocycles. The molecule has 13 nitrogen and oxygen atoms in total. The molecule has 0 radical (unpaired) electrons. The van der Waals surface area contributed by atoms with E-state index in [0.29, 0.717) is 0 Å². The van der Waals surface area contributed by atoms with Crippen LogP contribution in [-0.2, 0) is 42.4 Å². The molecule has 0 aromatic carbocycles. The normalized spacial score (nSPS) is 33.9. The van der Waals surface area contributed by atoms with E-state index >= 15 is 0 Å². The van der Waals surface area contributed by atoms with Gasteiger partial charge in [0.2, 0.25) is 0 Å². The van der Waals surface area contributed by atoms with E-state index in [2.05, 4.69) is 46.5 Å². The van der Waals surface area contributed by atoms with Crippen LogP contribution in [0.3, 0.4) is 0 Å². The third-order valence-corrected chi connectivity index (χ3v) is 19.4. The molecule has 2 fully saturated rings. The Morgan fingerprint density at radius 2 is 1.70 bits per heavy atom. The molecule has 1 saturated carbocycles. The number of aromatic nitrogens is 1. The highest BCUT2D eigenvalue weighted by Crippen LogP contribution is 2.62. The van der Waals surface area contributed by atoms with Crippen molar-refractivity contribution in [2.24, 2.45) is 35.5 Å². The van der Waals surface area contributed by atoms with Crippen LogP contribution in [0.4, 0.5) is 4.79 Å². The summed E-state index contributed by atoms with van der Waals surface area (Å²) in [6.07, 6.45) is 2.97. The highest BCUT2D eigenvalue weighted by Gasteiger charge is 2.71. The first-order valence-corrected chi connectivity index (χ1v) is 26.9. The van der Waals surface area contributed by atoms with Crippen LogP contribution in [0.5, 0.6) is 0 Å². The lowest BCUT2D eigenvalue weighted by molar-refractivity contribution is -0.172. The van der Waals surface area contributed by atoms with E-state index in [0.717, 1.165) is 34.3 Å². The summed E-state index contributed by atoms with van der Waals surface area (Å²) in [5.41, 5.74) is -0.345. The first-order valence-electron chi connectivity index (χ1n) is 20.7. The lowest BCUT2D eigenvalue weighted by Gasteiger charge is -2.49. The predicted molar refractivity (Wildman–Crippen MR) is 219 cm³/mol. The maximum absolute atomic E-state index is 14.6. The van der Waals surface area contributed by atoms with Crippen molar-refractivity contribution in [3.63, 3.8) is 0 Å². The van der Waals surface area contributed by atoms with E-state index in [1.54, 1.807) is 20.3 Å². The summed E-state index contributed by atoms with van der Waals surface area (Å²) in [6, 6.07) is 6.65. The fourth-order valence-corrected chi connectivity index (χ4v) is 13.4. The van der Waals surface area contributed by atoms with E-state index in [4.69, 9.17) is 37.6 Å².